The molecule has 0 bridgehead atoms. The molecule has 0 radical (unpaired) electrons. The second-order valence-corrected chi connectivity index (χ2v) is 9.23. The number of anilines is 1. The molecule has 0 aliphatic carbocycles. The van der Waals surface area contributed by atoms with Crippen LogP contribution in [0.1, 0.15) is 24.2 Å². The van der Waals surface area contributed by atoms with Gasteiger partial charge in [0.2, 0.25) is 0 Å². The van der Waals surface area contributed by atoms with Gasteiger partial charge in [-0.2, -0.15) is 0 Å². The highest BCUT2D eigenvalue weighted by molar-refractivity contribution is 7.93. The first-order chi connectivity index (χ1) is 12.4. The molecule has 0 heterocycles. The van der Waals surface area contributed by atoms with Crippen LogP contribution < -0.4 is 5.32 Å². The summed E-state index contributed by atoms with van der Waals surface area (Å²) in [5.74, 6) is -5.56. The molecule has 10 heteroatoms. The van der Waals surface area contributed by atoms with Gasteiger partial charge in [-0.05, 0) is 32.0 Å². The van der Waals surface area contributed by atoms with E-state index < -0.39 is 44.5 Å². The van der Waals surface area contributed by atoms with Crippen LogP contribution in [0.4, 0.5) is 18.9 Å². The molecule has 0 saturated heterocycles. The summed E-state index contributed by atoms with van der Waals surface area (Å²) in [6.45, 7) is 1.89. The first-order valence-corrected chi connectivity index (χ1v) is 9.38. The van der Waals surface area contributed by atoms with Gasteiger partial charge in [0.05, 0.1) is 21.3 Å². The van der Waals surface area contributed by atoms with E-state index >= 15 is 0 Å². The lowest BCUT2D eigenvalue weighted by atomic mass is 10.2. The minimum absolute atomic E-state index is 0.160. The van der Waals surface area contributed by atoms with Crippen LogP contribution in [-0.4, -0.2) is 30.8 Å². The van der Waals surface area contributed by atoms with Crippen LogP contribution in [0.5, 0.6) is 0 Å². The molecule has 146 valence electrons. The van der Waals surface area contributed by atoms with Crippen molar-refractivity contribution < 1.29 is 31.5 Å². The van der Waals surface area contributed by atoms with Gasteiger partial charge in [0.15, 0.2) is 27.3 Å². The molecule has 27 heavy (non-hydrogen) atoms. The van der Waals surface area contributed by atoms with Gasteiger partial charge in [-0.3, -0.25) is 4.79 Å². The fourth-order valence-corrected chi connectivity index (χ4v) is 3.86. The second-order valence-electron chi connectivity index (χ2n) is 6.27. The fourth-order valence-electron chi connectivity index (χ4n) is 2.06. The van der Waals surface area contributed by atoms with Crippen molar-refractivity contribution >= 4 is 33.0 Å². The van der Waals surface area contributed by atoms with Crippen molar-refractivity contribution in [2.75, 3.05) is 11.9 Å². The zero-order valence-corrected chi connectivity index (χ0v) is 15.8. The number of carbonyl (C=O) groups is 1. The Bertz CT molecular complexity index is 986. The molecule has 2 aromatic rings. The van der Waals surface area contributed by atoms with Crippen molar-refractivity contribution in [2.45, 2.75) is 23.5 Å². The minimum Gasteiger partial charge on any atom is -0.395 e. The zero-order valence-electron chi connectivity index (χ0n) is 14.2. The molecule has 5 nitrogen and oxygen atoms in total. The summed E-state index contributed by atoms with van der Waals surface area (Å²) in [6.07, 6.45) is 0. The summed E-state index contributed by atoms with van der Waals surface area (Å²) in [6, 6.07) is 4.53. The molecule has 0 atom stereocenters. The number of amides is 1. The molecule has 1 amide bonds. The van der Waals surface area contributed by atoms with E-state index in [2.05, 4.69) is 5.32 Å². The largest absolute Gasteiger partial charge is 0.395 e. The van der Waals surface area contributed by atoms with Gasteiger partial charge in [-0.15, -0.1) is 0 Å². The smallest absolute Gasteiger partial charge is 0.255 e. The van der Waals surface area contributed by atoms with Gasteiger partial charge in [-0.25, -0.2) is 21.6 Å². The van der Waals surface area contributed by atoms with E-state index in [0.29, 0.717) is 12.1 Å². The summed E-state index contributed by atoms with van der Waals surface area (Å²) in [5, 5.41) is 11.3. The molecular formula is C17H15ClF3NO4S. The highest BCUT2D eigenvalue weighted by atomic mass is 35.5. The van der Waals surface area contributed by atoms with Crippen LogP contribution >= 0.6 is 11.6 Å². The van der Waals surface area contributed by atoms with Gasteiger partial charge in [-0.1, -0.05) is 11.6 Å². The Morgan fingerprint density at radius 2 is 1.70 bits per heavy atom. The normalized spacial score (nSPS) is 12.1. The van der Waals surface area contributed by atoms with E-state index in [-0.39, 0.29) is 21.2 Å². The summed E-state index contributed by atoms with van der Waals surface area (Å²) in [5.41, 5.74) is -0.525. The monoisotopic (exact) mass is 421 g/mol. The van der Waals surface area contributed by atoms with Crippen LogP contribution in [0.2, 0.25) is 5.02 Å². The van der Waals surface area contributed by atoms with E-state index in [4.69, 9.17) is 11.6 Å². The third-order valence-corrected chi connectivity index (χ3v) is 6.78. The highest BCUT2D eigenvalue weighted by Crippen LogP contribution is 2.31. The topological polar surface area (TPSA) is 83.5 Å². The Kier molecular flexibility index (Phi) is 5.88. The summed E-state index contributed by atoms with van der Waals surface area (Å²) >= 11 is 5.93. The van der Waals surface area contributed by atoms with Crippen molar-refractivity contribution in [1.29, 1.82) is 0 Å². The van der Waals surface area contributed by atoms with Crippen LogP contribution in [-0.2, 0) is 9.84 Å². The number of hydrogen-bond donors (Lipinski definition) is 2. The number of benzene rings is 2. The highest BCUT2D eigenvalue weighted by Gasteiger charge is 2.37. The van der Waals surface area contributed by atoms with E-state index in [1.54, 1.807) is 0 Å². The maximum atomic E-state index is 13.2. The lowest BCUT2D eigenvalue weighted by Gasteiger charge is -2.23. The van der Waals surface area contributed by atoms with Gasteiger partial charge in [0, 0.05) is 23.4 Å². The predicted molar refractivity (Wildman–Crippen MR) is 94.1 cm³/mol. The standard InChI is InChI=1S/C17H15ClF3NO4S/c1-17(2,8-23)27(25,26)14-5-9(3-4-11(14)18)16(24)22-10-6-12(19)15(21)13(20)7-10/h3-7,23H,8H2,1-2H3,(H,22,24). The first-order valence-electron chi connectivity index (χ1n) is 7.51. The van der Waals surface area contributed by atoms with Gasteiger partial charge >= 0.3 is 0 Å². The summed E-state index contributed by atoms with van der Waals surface area (Å²) in [4.78, 5) is 11.9. The van der Waals surface area contributed by atoms with Crippen LogP contribution in [0.15, 0.2) is 35.2 Å². The van der Waals surface area contributed by atoms with Crippen LogP contribution in [0.3, 0.4) is 0 Å². The van der Waals surface area contributed by atoms with Crippen molar-refractivity contribution in [1.82, 2.24) is 0 Å². The van der Waals surface area contributed by atoms with E-state index in [0.717, 1.165) is 6.07 Å². The van der Waals surface area contributed by atoms with E-state index in [1.165, 1.54) is 26.0 Å². The number of halogens is 4. The van der Waals surface area contributed by atoms with Crippen LogP contribution in [0, 0.1) is 17.5 Å². The number of aliphatic hydroxyl groups excluding tert-OH is 1. The molecule has 0 spiro atoms. The Morgan fingerprint density at radius 1 is 1.15 bits per heavy atom. The lowest BCUT2D eigenvalue weighted by Crippen LogP contribution is -2.36. The molecule has 2 N–H and O–H groups in total. The number of rotatable bonds is 5. The molecule has 0 aromatic heterocycles. The molecule has 0 aliphatic rings. The number of hydrogen-bond acceptors (Lipinski definition) is 4. The zero-order chi connectivity index (χ0) is 20.6. The molecule has 2 rings (SSSR count). The number of sulfone groups is 1. The van der Waals surface area contributed by atoms with E-state index in [1.807, 2.05) is 0 Å². The van der Waals surface area contributed by atoms with Crippen molar-refractivity contribution in [3.8, 4) is 0 Å². The lowest BCUT2D eigenvalue weighted by molar-refractivity contribution is 0.102. The number of aliphatic hydroxyl groups is 1. The van der Waals surface area contributed by atoms with E-state index in [9.17, 15) is 31.5 Å². The quantitative estimate of drug-likeness (QED) is 0.723. The predicted octanol–water partition coefficient (Wildman–Crippen LogP) is 3.55. The van der Waals surface area contributed by atoms with Crippen molar-refractivity contribution in [2.24, 2.45) is 0 Å². The summed E-state index contributed by atoms with van der Waals surface area (Å²) < 4.78 is 63.2. The molecular weight excluding hydrogens is 407 g/mol. The van der Waals surface area contributed by atoms with Gasteiger partial charge in [0.1, 0.15) is 0 Å². The first kappa shape index (κ1) is 21.2. The molecule has 2 aromatic carbocycles. The maximum Gasteiger partial charge on any atom is 0.255 e. The third-order valence-electron chi connectivity index (χ3n) is 3.83. The Morgan fingerprint density at radius 3 is 2.22 bits per heavy atom. The Balaban J connectivity index is 2.42. The Labute approximate surface area is 158 Å². The number of carbonyl (C=O) groups excluding carboxylic acids is 1. The molecule has 0 fully saturated rings. The molecule has 0 saturated carbocycles. The molecule has 0 aliphatic heterocycles. The van der Waals surface area contributed by atoms with Gasteiger partial charge in [0.25, 0.3) is 5.91 Å². The average Bonchev–Trinajstić information content (AvgIpc) is 2.59. The SMILES string of the molecule is CC(C)(CO)S(=O)(=O)c1cc(C(=O)Nc2cc(F)c(F)c(F)c2)ccc1Cl. The van der Waals surface area contributed by atoms with Crippen molar-refractivity contribution in [3.63, 3.8) is 0 Å². The second kappa shape index (κ2) is 7.49. The Hall–Kier alpha value is -2.10. The number of nitrogens with one attached hydrogen (secondary N) is 1. The molecule has 0 unspecified atom stereocenters. The van der Waals surface area contributed by atoms with Crippen LogP contribution in [0.25, 0.3) is 0 Å². The maximum absolute atomic E-state index is 13.2. The minimum atomic E-state index is -4.10. The fraction of sp³-hybridized carbons (Fsp3) is 0.235. The summed E-state index contributed by atoms with van der Waals surface area (Å²) in [7, 11) is -4.10. The third kappa shape index (κ3) is 4.10. The average molecular weight is 422 g/mol. The van der Waals surface area contributed by atoms with Gasteiger partial charge < -0.3 is 10.4 Å². The van der Waals surface area contributed by atoms with Crippen molar-refractivity contribution in [3.05, 3.63) is 58.4 Å².